The molecule has 2 aromatic rings. The van der Waals surface area contributed by atoms with Crippen LogP contribution in [0.15, 0.2) is 48.5 Å². The van der Waals surface area contributed by atoms with Crippen molar-refractivity contribution in [2.24, 2.45) is 5.92 Å². The number of para-hydroxylation sites is 1. The van der Waals surface area contributed by atoms with Crippen molar-refractivity contribution < 1.29 is 19.4 Å². The molecule has 0 radical (unpaired) electrons. The summed E-state index contributed by atoms with van der Waals surface area (Å²) in [6.45, 7) is 3.77. The molecule has 1 unspecified atom stereocenters. The van der Waals surface area contributed by atoms with Gasteiger partial charge in [0.15, 0.2) is 0 Å². The van der Waals surface area contributed by atoms with E-state index in [1.165, 1.54) is 0 Å². The van der Waals surface area contributed by atoms with E-state index >= 15 is 0 Å². The minimum absolute atomic E-state index is 0.0413. The maximum Gasteiger partial charge on any atom is 0.303 e. The fraction of sp³-hybridized carbons (Fsp3) is 0.391. The van der Waals surface area contributed by atoms with Crippen LogP contribution < -0.4 is 4.74 Å². The van der Waals surface area contributed by atoms with E-state index in [0.717, 1.165) is 24.0 Å². The van der Waals surface area contributed by atoms with Crippen molar-refractivity contribution in [1.82, 2.24) is 4.90 Å². The summed E-state index contributed by atoms with van der Waals surface area (Å²) in [5.41, 5.74) is 2.81. The van der Waals surface area contributed by atoms with E-state index in [1.54, 1.807) is 6.07 Å². The Kier molecular flexibility index (Phi) is 6.69. The molecule has 0 aromatic heterocycles. The number of nitrogens with zero attached hydrogens (tertiary/aromatic N) is 1. The normalized spacial score (nSPS) is 16.6. The summed E-state index contributed by atoms with van der Waals surface area (Å²) in [6.07, 6.45) is 2.65. The molecule has 0 aliphatic carbocycles. The first-order chi connectivity index (χ1) is 13.5. The zero-order valence-electron chi connectivity index (χ0n) is 16.3. The van der Waals surface area contributed by atoms with Crippen molar-refractivity contribution in [3.8, 4) is 5.75 Å². The molecule has 3 rings (SSSR count). The molecule has 1 aliphatic rings. The van der Waals surface area contributed by atoms with Gasteiger partial charge in [0.2, 0.25) is 0 Å². The zero-order chi connectivity index (χ0) is 19.9. The summed E-state index contributed by atoms with van der Waals surface area (Å²) >= 11 is 0. The number of hydrogen-bond acceptors (Lipinski definition) is 3. The van der Waals surface area contributed by atoms with Gasteiger partial charge < -0.3 is 14.7 Å². The third-order valence-corrected chi connectivity index (χ3v) is 5.33. The van der Waals surface area contributed by atoms with Crippen LogP contribution in [-0.2, 0) is 11.4 Å². The van der Waals surface area contributed by atoms with Crippen LogP contribution in [0.4, 0.5) is 0 Å². The fourth-order valence-corrected chi connectivity index (χ4v) is 3.68. The predicted octanol–water partition coefficient (Wildman–Crippen LogP) is 4.29. The van der Waals surface area contributed by atoms with E-state index in [0.29, 0.717) is 37.4 Å². The maximum atomic E-state index is 13.1. The minimum atomic E-state index is -0.779. The van der Waals surface area contributed by atoms with Crippen molar-refractivity contribution in [3.63, 3.8) is 0 Å². The standard InChI is InChI=1S/C23H27NO4/c1-17-7-2-3-9-19(17)16-28-21-11-5-4-10-20(21)23(27)24-14-6-8-18(15-24)12-13-22(25)26/h2-5,7,9-11,18H,6,8,12-16H2,1H3,(H,25,26). The third-order valence-electron chi connectivity index (χ3n) is 5.33. The average Bonchev–Trinajstić information content (AvgIpc) is 2.71. The highest BCUT2D eigenvalue weighted by atomic mass is 16.5. The molecule has 1 atom stereocenters. The molecular weight excluding hydrogens is 354 g/mol. The Labute approximate surface area is 165 Å². The Bertz CT molecular complexity index is 833. The summed E-state index contributed by atoms with van der Waals surface area (Å²) in [5.74, 6) is 0.0103. The first-order valence-electron chi connectivity index (χ1n) is 9.82. The number of amides is 1. The molecule has 2 aromatic carbocycles. The van der Waals surface area contributed by atoms with Crippen LogP contribution in [0, 0.1) is 12.8 Å². The molecule has 0 saturated carbocycles. The molecule has 28 heavy (non-hydrogen) atoms. The van der Waals surface area contributed by atoms with Crippen LogP contribution >= 0.6 is 0 Å². The third kappa shape index (κ3) is 5.12. The average molecular weight is 381 g/mol. The van der Waals surface area contributed by atoms with Gasteiger partial charge in [0, 0.05) is 19.5 Å². The Balaban J connectivity index is 1.68. The van der Waals surface area contributed by atoms with Crippen molar-refractivity contribution in [2.75, 3.05) is 13.1 Å². The number of carboxylic acids is 1. The minimum Gasteiger partial charge on any atom is -0.488 e. The Morgan fingerprint density at radius 2 is 1.89 bits per heavy atom. The van der Waals surface area contributed by atoms with Gasteiger partial charge in [0.1, 0.15) is 12.4 Å². The molecule has 5 heteroatoms. The molecule has 1 N–H and O–H groups in total. The lowest BCUT2D eigenvalue weighted by atomic mass is 9.93. The zero-order valence-corrected chi connectivity index (χ0v) is 16.3. The second kappa shape index (κ2) is 9.40. The predicted molar refractivity (Wildman–Crippen MR) is 107 cm³/mol. The van der Waals surface area contributed by atoms with Gasteiger partial charge in [-0.25, -0.2) is 0 Å². The topological polar surface area (TPSA) is 66.8 Å². The summed E-state index contributed by atoms with van der Waals surface area (Å²) in [4.78, 5) is 25.8. The Morgan fingerprint density at radius 1 is 1.14 bits per heavy atom. The maximum absolute atomic E-state index is 13.1. The molecule has 1 saturated heterocycles. The lowest BCUT2D eigenvalue weighted by Crippen LogP contribution is -2.40. The summed E-state index contributed by atoms with van der Waals surface area (Å²) in [7, 11) is 0. The van der Waals surface area contributed by atoms with Crippen LogP contribution in [0.5, 0.6) is 5.75 Å². The number of benzene rings is 2. The van der Waals surface area contributed by atoms with E-state index in [2.05, 4.69) is 0 Å². The fourth-order valence-electron chi connectivity index (χ4n) is 3.68. The van der Waals surface area contributed by atoms with Gasteiger partial charge in [-0.2, -0.15) is 0 Å². The van der Waals surface area contributed by atoms with E-state index in [4.69, 9.17) is 9.84 Å². The molecule has 1 aliphatic heterocycles. The first kappa shape index (κ1) is 19.9. The second-order valence-electron chi connectivity index (χ2n) is 7.40. The molecule has 0 spiro atoms. The second-order valence-corrected chi connectivity index (χ2v) is 7.40. The number of likely N-dealkylation sites (tertiary alicyclic amines) is 1. The SMILES string of the molecule is Cc1ccccc1COc1ccccc1C(=O)N1CCCC(CCC(=O)O)C1. The number of piperidine rings is 1. The van der Waals surface area contributed by atoms with Crippen molar-refractivity contribution in [1.29, 1.82) is 0 Å². The largest absolute Gasteiger partial charge is 0.488 e. The number of rotatable bonds is 7. The monoisotopic (exact) mass is 381 g/mol. The highest BCUT2D eigenvalue weighted by Gasteiger charge is 2.26. The summed E-state index contributed by atoms with van der Waals surface area (Å²) in [6, 6.07) is 15.4. The van der Waals surface area contributed by atoms with E-state index < -0.39 is 5.97 Å². The molecule has 0 bridgehead atoms. The lowest BCUT2D eigenvalue weighted by molar-refractivity contribution is -0.137. The molecule has 1 amide bonds. The number of aliphatic carboxylic acids is 1. The van der Waals surface area contributed by atoms with Crippen molar-refractivity contribution in [2.45, 2.75) is 39.2 Å². The molecule has 148 valence electrons. The lowest BCUT2D eigenvalue weighted by Gasteiger charge is -2.33. The van der Waals surface area contributed by atoms with Gasteiger partial charge in [0.05, 0.1) is 5.56 Å². The van der Waals surface area contributed by atoms with E-state index in [1.807, 2.05) is 54.3 Å². The summed E-state index contributed by atoms with van der Waals surface area (Å²) < 4.78 is 6.00. The highest BCUT2D eigenvalue weighted by Crippen LogP contribution is 2.26. The Hall–Kier alpha value is -2.82. The number of carbonyl (C=O) groups is 2. The van der Waals surface area contributed by atoms with Crippen LogP contribution in [0.25, 0.3) is 0 Å². The van der Waals surface area contributed by atoms with Gasteiger partial charge in [-0.3, -0.25) is 9.59 Å². The number of aryl methyl sites for hydroxylation is 1. The van der Waals surface area contributed by atoms with Crippen LogP contribution in [0.3, 0.4) is 0 Å². The molecule has 1 fully saturated rings. The van der Waals surface area contributed by atoms with Crippen LogP contribution in [0.2, 0.25) is 0 Å². The van der Waals surface area contributed by atoms with Gasteiger partial charge in [-0.15, -0.1) is 0 Å². The quantitative estimate of drug-likeness (QED) is 0.777. The number of ether oxygens (including phenoxy) is 1. The summed E-state index contributed by atoms with van der Waals surface area (Å²) in [5, 5.41) is 8.91. The molecule has 5 nitrogen and oxygen atoms in total. The van der Waals surface area contributed by atoms with Crippen LogP contribution in [-0.4, -0.2) is 35.0 Å². The van der Waals surface area contributed by atoms with Gasteiger partial charge in [-0.1, -0.05) is 36.4 Å². The van der Waals surface area contributed by atoms with Gasteiger partial charge in [-0.05, 0) is 55.4 Å². The van der Waals surface area contributed by atoms with Crippen molar-refractivity contribution >= 4 is 11.9 Å². The smallest absolute Gasteiger partial charge is 0.303 e. The van der Waals surface area contributed by atoms with E-state index in [-0.39, 0.29) is 18.2 Å². The van der Waals surface area contributed by atoms with E-state index in [9.17, 15) is 9.59 Å². The van der Waals surface area contributed by atoms with Crippen molar-refractivity contribution in [3.05, 3.63) is 65.2 Å². The molecule has 1 heterocycles. The number of carbonyl (C=O) groups excluding carboxylic acids is 1. The van der Waals surface area contributed by atoms with Gasteiger partial charge >= 0.3 is 5.97 Å². The molecular formula is C23H27NO4. The van der Waals surface area contributed by atoms with Crippen LogP contribution in [0.1, 0.15) is 47.2 Å². The highest BCUT2D eigenvalue weighted by molar-refractivity contribution is 5.97. The number of hydrogen-bond donors (Lipinski definition) is 1. The Morgan fingerprint density at radius 3 is 2.68 bits per heavy atom. The van der Waals surface area contributed by atoms with Gasteiger partial charge in [0.25, 0.3) is 5.91 Å². The first-order valence-corrected chi connectivity index (χ1v) is 9.82. The number of carboxylic acid groups (broad SMARTS) is 1.